The second-order valence-corrected chi connectivity index (χ2v) is 7.39. The van der Waals surface area contributed by atoms with Gasteiger partial charge in [-0.25, -0.2) is 9.67 Å². The van der Waals surface area contributed by atoms with E-state index in [9.17, 15) is 35.9 Å². The number of nitrogens with one attached hydrogen (secondary N) is 1. The van der Waals surface area contributed by atoms with E-state index in [2.05, 4.69) is 20.6 Å². The number of benzene rings is 2. The van der Waals surface area contributed by atoms with Crippen LogP contribution in [0, 0.1) is 0 Å². The molecule has 8 nitrogen and oxygen atoms in total. The SMILES string of the molecule is O=C(Cn1cnc2c(nnn2Cc2cccc(C(F)(F)F)c2)c1=O)Nc1ccccc1C(F)(F)F. The van der Waals surface area contributed by atoms with Crippen LogP contribution in [0.25, 0.3) is 11.2 Å². The summed E-state index contributed by atoms with van der Waals surface area (Å²) >= 11 is 0. The Morgan fingerprint density at radius 1 is 0.971 bits per heavy atom. The van der Waals surface area contributed by atoms with E-state index in [1.54, 1.807) is 0 Å². The largest absolute Gasteiger partial charge is 0.418 e. The number of para-hydroxylation sites is 1. The number of carbonyl (C=O) groups excluding carboxylic acids is 1. The summed E-state index contributed by atoms with van der Waals surface area (Å²) in [7, 11) is 0. The molecule has 1 N–H and O–H groups in total. The lowest BCUT2D eigenvalue weighted by Crippen LogP contribution is -2.28. The second kappa shape index (κ2) is 8.85. The van der Waals surface area contributed by atoms with E-state index in [1.165, 1.54) is 24.3 Å². The molecule has 4 rings (SSSR count). The number of nitrogens with zero attached hydrogens (tertiary/aromatic N) is 5. The molecular formula is C21H14F6N6O2. The van der Waals surface area contributed by atoms with E-state index in [0.29, 0.717) is 0 Å². The molecule has 0 radical (unpaired) electrons. The fourth-order valence-electron chi connectivity index (χ4n) is 3.31. The minimum Gasteiger partial charge on any atom is -0.324 e. The van der Waals surface area contributed by atoms with E-state index in [1.807, 2.05) is 0 Å². The molecule has 0 atom stereocenters. The molecular weight excluding hydrogens is 482 g/mol. The molecule has 4 aromatic rings. The summed E-state index contributed by atoms with van der Waals surface area (Å²) in [5.74, 6) is -0.915. The zero-order valence-electron chi connectivity index (χ0n) is 17.4. The topological polar surface area (TPSA) is 94.7 Å². The highest BCUT2D eigenvalue weighted by Crippen LogP contribution is 2.34. The highest BCUT2D eigenvalue weighted by atomic mass is 19.4. The van der Waals surface area contributed by atoms with Crippen molar-refractivity contribution in [3.05, 3.63) is 81.9 Å². The Morgan fingerprint density at radius 3 is 2.43 bits per heavy atom. The van der Waals surface area contributed by atoms with Crippen LogP contribution in [-0.2, 0) is 30.2 Å². The highest BCUT2D eigenvalue weighted by molar-refractivity contribution is 5.91. The number of carbonyl (C=O) groups is 1. The number of amides is 1. The standard InChI is InChI=1S/C21H14F6N6O2/c22-20(23,24)13-5-3-4-12(8-13)9-33-18-17(30-31-33)19(35)32(11-28-18)10-16(34)29-15-7-2-1-6-14(15)21(25,26)27/h1-8,11H,9-10H2,(H,29,34). The van der Waals surface area contributed by atoms with E-state index in [0.717, 1.165) is 39.8 Å². The van der Waals surface area contributed by atoms with Crippen LogP contribution in [0.2, 0.25) is 0 Å². The summed E-state index contributed by atoms with van der Waals surface area (Å²) in [5, 5.41) is 9.57. The van der Waals surface area contributed by atoms with Crippen molar-refractivity contribution in [2.24, 2.45) is 0 Å². The van der Waals surface area contributed by atoms with Gasteiger partial charge in [0.05, 0.1) is 23.4 Å². The molecule has 35 heavy (non-hydrogen) atoms. The molecule has 182 valence electrons. The lowest BCUT2D eigenvalue weighted by atomic mass is 10.1. The number of aromatic nitrogens is 5. The average Bonchev–Trinajstić information content (AvgIpc) is 3.18. The first-order valence-corrected chi connectivity index (χ1v) is 9.84. The molecule has 0 saturated heterocycles. The predicted octanol–water partition coefficient (Wildman–Crippen LogP) is 3.71. The third kappa shape index (κ3) is 5.15. The van der Waals surface area contributed by atoms with Crippen LogP contribution in [0.4, 0.5) is 32.0 Å². The summed E-state index contributed by atoms with van der Waals surface area (Å²) in [6.07, 6.45) is -8.25. The third-order valence-electron chi connectivity index (χ3n) is 4.90. The molecule has 2 aromatic heterocycles. The number of hydrogen-bond acceptors (Lipinski definition) is 5. The van der Waals surface area contributed by atoms with Gasteiger partial charge in [0.1, 0.15) is 12.9 Å². The van der Waals surface area contributed by atoms with Gasteiger partial charge in [-0.05, 0) is 29.8 Å². The first-order valence-electron chi connectivity index (χ1n) is 9.84. The van der Waals surface area contributed by atoms with Crippen molar-refractivity contribution in [3.8, 4) is 0 Å². The molecule has 2 aromatic carbocycles. The van der Waals surface area contributed by atoms with Crippen LogP contribution in [0.15, 0.2) is 59.7 Å². The van der Waals surface area contributed by atoms with Crippen molar-refractivity contribution in [2.75, 3.05) is 5.32 Å². The Labute approximate surface area is 191 Å². The molecule has 2 heterocycles. The molecule has 0 unspecified atom stereocenters. The number of fused-ring (bicyclic) bond motifs is 1. The van der Waals surface area contributed by atoms with Gasteiger partial charge in [-0.1, -0.05) is 29.5 Å². The Balaban J connectivity index is 1.55. The van der Waals surface area contributed by atoms with Gasteiger partial charge >= 0.3 is 12.4 Å². The van der Waals surface area contributed by atoms with Crippen molar-refractivity contribution in [1.29, 1.82) is 0 Å². The lowest BCUT2D eigenvalue weighted by molar-refractivity contribution is -0.138. The van der Waals surface area contributed by atoms with Crippen molar-refractivity contribution in [1.82, 2.24) is 24.5 Å². The average molecular weight is 496 g/mol. The Kier molecular flexibility index (Phi) is 6.05. The molecule has 0 aliphatic heterocycles. The molecule has 0 aliphatic carbocycles. The number of alkyl halides is 6. The molecule has 0 bridgehead atoms. The molecule has 0 aliphatic rings. The zero-order chi connectivity index (χ0) is 25.4. The van der Waals surface area contributed by atoms with Crippen molar-refractivity contribution >= 4 is 22.8 Å². The van der Waals surface area contributed by atoms with Crippen molar-refractivity contribution < 1.29 is 31.1 Å². The summed E-state index contributed by atoms with van der Waals surface area (Å²) in [4.78, 5) is 29.0. The van der Waals surface area contributed by atoms with Crippen molar-refractivity contribution in [3.63, 3.8) is 0 Å². The van der Waals surface area contributed by atoms with Crippen LogP contribution < -0.4 is 10.9 Å². The second-order valence-electron chi connectivity index (χ2n) is 7.39. The lowest BCUT2D eigenvalue weighted by Gasteiger charge is -2.13. The quantitative estimate of drug-likeness (QED) is 0.425. The number of anilines is 1. The maximum atomic E-state index is 13.1. The van der Waals surface area contributed by atoms with Gasteiger partial charge in [-0.3, -0.25) is 14.2 Å². The summed E-state index contributed by atoms with van der Waals surface area (Å²) in [5.41, 5.74) is -3.24. The zero-order valence-corrected chi connectivity index (χ0v) is 17.4. The number of hydrogen-bond donors (Lipinski definition) is 1. The number of halogens is 6. The molecule has 14 heteroatoms. The van der Waals surface area contributed by atoms with Gasteiger partial charge in [0.25, 0.3) is 5.56 Å². The summed E-state index contributed by atoms with van der Waals surface area (Å²) < 4.78 is 80.1. The van der Waals surface area contributed by atoms with Crippen LogP contribution in [-0.4, -0.2) is 30.5 Å². The van der Waals surface area contributed by atoms with Crippen LogP contribution in [0.3, 0.4) is 0 Å². The van der Waals surface area contributed by atoms with Crippen molar-refractivity contribution in [2.45, 2.75) is 25.4 Å². The van der Waals surface area contributed by atoms with E-state index < -0.39 is 47.2 Å². The van der Waals surface area contributed by atoms with E-state index >= 15 is 0 Å². The van der Waals surface area contributed by atoms with Gasteiger partial charge in [0.15, 0.2) is 11.2 Å². The monoisotopic (exact) mass is 496 g/mol. The number of rotatable bonds is 5. The predicted molar refractivity (Wildman–Crippen MR) is 110 cm³/mol. The summed E-state index contributed by atoms with van der Waals surface area (Å²) in [6, 6.07) is 8.87. The maximum Gasteiger partial charge on any atom is 0.418 e. The first kappa shape index (κ1) is 23.9. The first-order chi connectivity index (χ1) is 16.4. The van der Waals surface area contributed by atoms with Gasteiger partial charge in [0.2, 0.25) is 5.91 Å². The summed E-state index contributed by atoms with van der Waals surface area (Å²) in [6.45, 7) is -0.819. The normalized spacial score (nSPS) is 12.2. The molecule has 0 saturated carbocycles. The van der Waals surface area contributed by atoms with E-state index in [4.69, 9.17) is 0 Å². The minimum atomic E-state index is -4.70. The minimum absolute atomic E-state index is 0.0357. The third-order valence-corrected chi connectivity index (χ3v) is 4.90. The Morgan fingerprint density at radius 2 is 1.71 bits per heavy atom. The van der Waals surface area contributed by atoms with Gasteiger partial charge in [0, 0.05) is 0 Å². The maximum absolute atomic E-state index is 13.1. The fraction of sp³-hybridized carbons (Fsp3) is 0.190. The van der Waals surface area contributed by atoms with Gasteiger partial charge in [-0.15, -0.1) is 5.10 Å². The smallest absolute Gasteiger partial charge is 0.324 e. The Hall–Kier alpha value is -4.23. The molecule has 0 fully saturated rings. The van der Waals surface area contributed by atoms with Gasteiger partial charge in [-0.2, -0.15) is 26.3 Å². The highest BCUT2D eigenvalue weighted by Gasteiger charge is 2.33. The fourth-order valence-corrected chi connectivity index (χ4v) is 3.31. The molecule has 0 spiro atoms. The van der Waals surface area contributed by atoms with E-state index in [-0.39, 0.29) is 23.3 Å². The van der Waals surface area contributed by atoms with Crippen LogP contribution >= 0.6 is 0 Å². The van der Waals surface area contributed by atoms with Gasteiger partial charge < -0.3 is 5.32 Å². The Bertz CT molecular complexity index is 1460. The van der Waals surface area contributed by atoms with Crippen LogP contribution in [0.5, 0.6) is 0 Å². The van der Waals surface area contributed by atoms with Crippen LogP contribution in [0.1, 0.15) is 16.7 Å². The molecule has 1 amide bonds.